The van der Waals surface area contributed by atoms with E-state index in [2.05, 4.69) is 37.7 Å². The molecule has 0 fully saturated rings. The number of aromatic nitrogens is 2. The standard InChI is InChI=1S/C28H28N2O2.3ClH.Mn/c1-17(2)19-7-11-27(31)23(13-19)21-5-9-25(29-15-21)26-10-6-22(16-30-26)24-14-20(18(3)4)8-12-28(24)32;;;;/h5-18,31-32H,1-4H3;3*1H;/q;;;;+3/p-3. The number of rotatable bonds is 5. The molecular weight excluding hydrogens is 558 g/mol. The Morgan fingerprint density at radius 1 is 0.556 bits per heavy atom. The van der Waals surface area contributed by atoms with Crippen LogP contribution in [0.2, 0.25) is 0 Å². The summed E-state index contributed by atoms with van der Waals surface area (Å²) in [6.45, 7) is 8.52. The molecule has 0 spiro atoms. The molecule has 0 amide bonds. The summed E-state index contributed by atoms with van der Waals surface area (Å²) < 4.78 is 0. The van der Waals surface area contributed by atoms with E-state index in [-0.39, 0.29) is 65.8 Å². The van der Waals surface area contributed by atoms with Gasteiger partial charge in [-0.15, -0.1) is 0 Å². The largest absolute Gasteiger partial charge is 3.00 e. The van der Waals surface area contributed by atoms with Crippen molar-refractivity contribution >= 4 is 0 Å². The number of phenols is 2. The van der Waals surface area contributed by atoms with E-state index in [1.807, 2.05) is 48.5 Å². The number of aromatic hydroxyl groups is 2. The van der Waals surface area contributed by atoms with Gasteiger partial charge in [0.15, 0.2) is 0 Å². The van der Waals surface area contributed by atoms with Crippen LogP contribution in [0.25, 0.3) is 33.6 Å². The number of pyridine rings is 2. The molecule has 2 aromatic heterocycles. The molecule has 0 saturated heterocycles. The summed E-state index contributed by atoms with van der Waals surface area (Å²) in [4.78, 5) is 9.15. The first-order chi connectivity index (χ1) is 15.3. The van der Waals surface area contributed by atoms with E-state index < -0.39 is 0 Å². The minimum absolute atomic E-state index is 0. The maximum absolute atomic E-state index is 10.3. The zero-order valence-corrected chi connectivity index (χ0v) is 23.8. The second kappa shape index (κ2) is 14.5. The van der Waals surface area contributed by atoms with E-state index in [1.165, 1.54) is 11.1 Å². The van der Waals surface area contributed by atoms with Crippen LogP contribution in [-0.4, -0.2) is 20.2 Å². The van der Waals surface area contributed by atoms with Gasteiger partial charge in [0.05, 0.1) is 11.4 Å². The SMILES string of the molecule is CC(C)c1ccc(O)c(-c2ccc(-c3ccc(-c4cc(C(C)C)ccc4O)cn3)nc2)c1.[Cl-].[Cl-].[Cl-].[Mn+3]. The van der Waals surface area contributed by atoms with Crippen LogP contribution in [-0.2, 0) is 17.1 Å². The molecule has 0 saturated carbocycles. The van der Waals surface area contributed by atoms with E-state index in [9.17, 15) is 10.2 Å². The minimum Gasteiger partial charge on any atom is -1.00 e. The molecule has 4 nitrogen and oxygen atoms in total. The fourth-order valence-corrected chi connectivity index (χ4v) is 3.70. The Bertz CT molecular complexity index is 1150. The van der Waals surface area contributed by atoms with Crippen LogP contribution < -0.4 is 37.2 Å². The zero-order chi connectivity index (χ0) is 22.8. The fourth-order valence-electron chi connectivity index (χ4n) is 3.70. The van der Waals surface area contributed by atoms with Crippen LogP contribution in [0.3, 0.4) is 0 Å². The van der Waals surface area contributed by atoms with E-state index in [0.29, 0.717) is 11.8 Å². The Morgan fingerprint density at radius 2 is 0.917 bits per heavy atom. The van der Waals surface area contributed by atoms with Gasteiger partial charge < -0.3 is 47.4 Å². The van der Waals surface area contributed by atoms with Gasteiger partial charge >= 0.3 is 17.1 Å². The smallest absolute Gasteiger partial charge is 1.00 e. The molecule has 4 aromatic rings. The van der Waals surface area contributed by atoms with Crippen LogP contribution in [0, 0.1) is 0 Å². The van der Waals surface area contributed by atoms with E-state index in [1.54, 1.807) is 24.5 Å². The molecule has 0 bridgehead atoms. The second-order valence-electron chi connectivity index (χ2n) is 8.73. The first kappa shape index (κ1) is 33.7. The molecule has 0 aliphatic heterocycles. The quantitative estimate of drug-likeness (QED) is 0.270. The molecule has 2 aromatic carbocycles. The predicted molar refractivity (Wildman–Crippen MR) is 130 cm³/mol. The van der Waals surface area contributed by atoms with Crippen LogP contribution in [0.1, 0.15) is 50.7 Å². The van der Waals surface area contributed by atoms with Crippen molar-refractivity contribution in [2.45, 2.75) is 39.5 Å². The Hall–Kier alpha value is -2.27. The van der Waals surface area contributed by atoms with Gasteiger partial charge in [-0.25, -0.2) is 0 Å². The van der Waals surface area contributed by atoms with Crippen molar-refractivity contribution in [3.8, 4) is 45.1 Å². The van der Waals surface area contributed by atoms with Crippen LogP contribution in [0.4, 0.5) is 0 Å². The molecule has 4 rings (SSSR count). The van der Waals surface area contributed by atoms with E-state index in [4.69, 9.17) is 0 Å². The van der Waals surface area contributed by atoms with Gasteiger partial charge in [0, 0.05) is 34.6 Å². The Balaban J connectivity index is 0.00000306. The normalized spacial score (nSPS) is 10.1. The summed E-state index contributed by atoms with van der Waals surface area (Å²) in [5, 5.41) is 20.6. The predicted octanol–water partition coefficient (Wildman–Crippen LogP) is -1.85. The van der Waals surface area contributed by atoms with Gasteiger partial charge in [0.1, 0.15) is 11.5 Å². The van der Waals surface area contributed by atoms with Gasteiger partial charge in [0.25, 0.3) is 0 Å². The van der Waals surface area contributed by atoms with Crippen molar-refractivity contribution in [2.24, 2.45) is 0 Å². The number of halogens is 3. The van der Waals surface area contributed by atoms with Crippen molar-refractivity contribution in [2.75, 3.05) is 0 Å². The van der Waals surface area contributed by atoms with Gasteiger partial charge in [-0.05, 0) is 59.4 Å². The third-order valence-corrected chi connectivity index (χ3v) is 5.79. The summed E-state index contributed by atoms with van der Waals surface area (Å²) in [5.41, 5.74) is 7.12. The Morgan fingerprint density at radius 3 is 1.19 bits per heavy atom. The van der Waals surface area contributed by atoms with Gasteiger partial charge in [-0.2, -0.15) is 0 Å². The second-order valence-corrected chi connectivity index (χ2v) is 8.73. The zero-order valence-electron chi connectivity index (χ0n) is 20.4. The number of nitrogens with zero attached hydrogens (tertiary/aromatic N) is 2. The molecular formula is C28H28Cl3MnN2O2. The molecule has 2 heterocycles. The van der Waals surface area contributed by atoms with Crippen LogP contribution in [0.5, 0.6) is 11.5 Å². The molecule has 190 valence electrons. The van der Waals surface area contributed by atoms with Crippen LogP contribution >= 0.6 is 0 Å². The average molecular weight is 586 g/mol. The van der Waals surface area contributed by atoms with E-state index in [0.717, 1.165) is 33.6 Å². The Kier molecular flexibility index (Phi) is 13.6. The van der Waals surface area contributed by atoms with Gasteiger partial charge in [0.2, 0.25) is 0 Å². The molecule has 36 heavy (non-hydrogen) atoms. The number of hydrogen-bond acceptors (Lipinski definition) is 4. The topological polar surface area (TPSA) is 66.2 Å². The maximum atomic E-state index is 10.3. The maximum Gasteiger partial charge on any atom is 3.00 e. The molecule has 0 radical (unpaired) electrons. The summed E-state index contributed by atoms with van der Waals surface area (Å²) in [5.74, 6) is 1.25. The van der Waals surface area contributed by atoms with Crippen molar-refractivity contribution in [1.29, 1.82) is 0 Å². The Labute approximate surface area is 242 Å². The fraction of sp³-hybridized carbons (Fsp3) is 0.214. The van der Waals surface area contributed by atoms with Gasteiger partial charge in [-0.1, -0.05) is 52.0 Å². The summed E-state index contributed by atoms with van der Waals surface area (Å²) in [6, 6.07) is 19.1. The summed E-state index contributed by atoms with van der Waals surface area (Å²) in [7, 11) is 0. The third-order valence-electron chi connectivity index (χ3n) is 5.79. The van der Waals surface area contributed by atoms with Crippen molar-refractivity contribution in [3.05, 3.63) is 84.2 Å². The third kappa shape index (κ3) is 7.38. The number of phenolic OH excluding ortho intramolecular Hbond substituents is 2. The first-order valence-electron chi connectivity index (χ1n) is 10.9. The molecule has 8 heteroatoms. The van der Waals surface area contributed by atoms with E-state index >= 15 is 0 Å². The molecule has 0 unspecified atom stereocenters. The van der Waals surface area contributed by atoms with Crippen LogP contribution in [0.15, 0.2) is 73.1 Å². The first-order valence-corrected chi connectivity index (χ1v) is 10.9. The number of hydrogen-bond donors (Lipinski definition) is 2. The average Bonchev–Trinajstić information content (AvgIpc) is 2.80. The monoisotopic (exact) mass is 584 g/mol. The summed E-state index contributed by atoms with van der Waals surface area (Å²) >= 11 is 0. The van der Waals surface area contributed by atoms with Crippen molar-refractivity contribution in [1.82, 2.24) is 9.97 Å². The van der Waals surface area contributed by atoms with Gasteiger partial charge in [-0.3, -0.25) is 9.97 Å². The molecule has 0 aliphatic carbocycles. The molecule has 0 aliphatic rings. The minimum atomic E-state index is 0. The van der Waals surface area contributed by atoms with Crippen molar-refractivity contribution < 1.29 is 64.5 Å². The number of benzene rings is 2. The molecule has 0 atom stereocenters. The van der Waals surface area contributed by atoms with Crippen molar-refractivity contribution in [3.63, 3.8) is 0 Å². The molecule has 2 N–H and O–H groups in total. The summed E-state index contributed by atoms with van der Waals surface area (Å²) in [6.07, 6.45) is 3.53.